The van der Waals surface area contributed by atoms with Gasteiger partial charge in [-0.2, -0.15) is 8.42 Å². The quantitative estimate of drug-likeness (QED) is 0.713. The predicted molar refractivity (Wildman–Crippen MR) is 97.1 cm³/mol. The van der Waals surface area contributed by atoms with E-state index in [0.717, 1.165) is 22.2 Å². The summed E-state index contributed by atoms with van der Waals surface area (Å²) in [5.74, 6) is 1.52. The number of fused-ring (bicyclic) bond motifs is 1. The average Bonchev–Trinajstić information content (AvgIpc) is 3.17. The second kappa shape index (κ2) is 6.14. The van der Waals surface area contributed by atoms with Crippen molar-refractivity contribution in [1.29, 1.82) is 0 Å². The SMILES string of the molecule is O=S(=O)(O)c1ccc(N=C2CSc3nc(-c4ccccc4)cn32)cc1. The Hall–Kier alpha value is -2.42. The Bertz CT molecular complexity index is 1060. The number of hydrogen-bond acceptors (Lipinski definition) is 5. The van der Waals surface area contributed by atoms with Gasteiger partial charge in [-0.15, -0.1) is 0 Å². The molecule has 8 heteroatoms. The van der Waals surface area contributed by atoms with Crippen molar-refractivity contribution in [3.63, 3.8) is 0 Å². The van der Waals surface area contributed by atoms with Gasteiger partial charge in [0.1, 0.15) is 5.84 Å². The summed E-state index contributed by atoms with van der Waals surface area (Å²) in [5, 5.41) is 0.882. The fourth-order valence-electron chi connectivity index (χ4n) is 2.52. The van der Waals surface area contributed by atoms with E-state index in [2.05, 4.69) is 9.98 Å². The van der Waals surface area contributed by atoms with E-state index >= 15 is 0 Å². The molecule has 1 aromatic heterocycles. The summed E-state index contributed by atoms with van der Waals surface area (Å²) < 4.78 is 33.2. The fraction of sp³-hybridized carbons (Fsp3) is 0.0588. The van der Waals surface area contributed by atoms with Gasteiger partial charge >= 0.3 is 0 Å². The molecule has 0 spiro atoms. The summed E-state index contributed by atoms with van der Waals surface area (Å²) in [7, 11) is -4.19. The molecule has 0 saturated carbocycles. The van der Waals surface area contributed by atoms with Crippen LogP contribution in [-0.2, 0) is 10.1 Å². The summed E-state index contributed by atoms with van der Waals surface area (Å²) in [6.45, 7) is 0. The van der Waals surface area contributed by atoms with Gasteiger partial charge in [-0.1, -0.05) is 42.1 Å². The van der Waals surface area contributed by atoms with Gasteiger partial charge in [-0.05, 0) is 24.3 Å². The largest absolute Gasteiger partial charge is 0.294 e. The van der Waals surface area contributed by atoms with E-state index in [9.17, 15) is 8.42 Å². The van der Waals surface area contributed by atoms with Crippen molar-refractivity contribution >= 4 is 33.4 Å². The molecule has 6 nitrogen and oxygen atoms in total. The van der Waals surface area contributed by atoms with Crippen LogP contribution in [0.3, 0.4) is 0 Å². The first kappa shape index (κ1) is 16.1. The summed E-state index contributed by atoms with van der Waals surface area (Å²) in [4.78, 5) is 9.06. The monoisotopic (exact) mass is 371 g/mol. The molecule has 1 aliphatic rings. The lowest BCUT2D eigenvalue weighted by molar-refractivity contribution is 0.483. The molecule has 1 aliphatic heterocycles. The van der Waals surface area contributed by atoms with Gasteiger partial charge in [0.15, 0.2) is 5.16 Å². The maximum absolute atomic E-state index is 11.1. The smallest absolute Gasteiger partial charge is 0.282 e. The third-order valence-electron chi connectivity index (χ3n) is 3.74. The molecule has 0 radical (unpaired) electrons. The van der Waals surface area contributed by atoms with Crippen molar-refractivity contribution in [2.75, 3.05) is 5.75 Å². The molecule has 2 heterocycles. The fourth-order valence-corrected chi connectivity index (χ4v) is 3.93. The van der Waals surface area contributed by atoms with Gasteiger partial charge < -0.3 is 0 Å². The van der Waals surface area contributed by atoms with Crippen LogP contribution in [0.2, 0.25) is 0 Å². The molecule has 0 saturated heterocycles. The van der Waals surface area contributed by atoms with Crippen molar-refractivity contribution < 1.29 is 13.0 Å². The van der Waals surface area contributed by atoms with Crippen molar-refractivity contribution in [2.24, 2.45) is 4.99 Å². The molecule has 1 N–H and O–H groups in total. The first-order chi connectivity index (χ1) is 12.0. The Morgan fingerprint density at radius 2 is 1.80 bits per heavy atom. The number of nitrogens with zero attached hydrogens (tertiary/aromatic N) is 3. The Labute approximate surface area is 149 Å². The van der Waals surface area contributed by atoms with Crippen LogP contribution in [0.15, 0.2) is 75.8 Å². The van der Waals surface area contributed by atoms with Crippen molar-refractivity contribution in [2.45, 2.75) is 10.1 Å². The third-order valence-corrected chi connectivity index (χ3v) is 5.56. The molecule has 126 valence electrons. The highest BCUT2D eigenvalue weighted by molar-refractivity contribution is 8.00. The predicted octanol–water partition coefficient (Wildman–Crippen LogP) is 3.48. The normalized spacial score (nSPS) is 15.5. The minimum atomic E-state index is -4.19. The number of aromatic nitrogens is 2. The summed E-state index contributed by atoms with van der Waals surface area (Å²) in [5.41, 5.74) is 2.55. The zero-order valence-electron chi connectivity index (χ0n) is 12.9. The van der Waals surface area contributed by atoms with E-state index in [1.165, 1.54) is 12.1 Å². The number of benzene rings is 2. The van der Waals surface area contributed by atoms with Crippen molar-refractivity contribution in [3.8, 4) is 11.3 Å². The van der Waals surface area contributed by atoms with Gasteiger partial charge in [-0.25, -0.2) is 9.98 Å². The number of imidazole rings is 1. The van der Waals surface area contributed by atoms with Crippen LogP contribution in [-0.4, -0.2) is 34.1 Å². The molecule has 0 bridgehead atoms. The van der Waals surface area contributed by atoms with E-state index in [0.29, 0.717) is 11.4 Å². The van der Waals surface area contributed by atoms with Crippen molar-refractivity contribution in [3.05, 3.63) is 60.8 Å². The van der Waals surface area contributed by atoms with E-state index in [-0.39, 0.29) is 4.90 Å². The minimum absolute atomic E-state index is 0.146. The summed E-state index contributed by atoms with van der Waals surface area (Å²) >= 11 is 1.60. The van der Waals surface area contributed by atoms with Crippen LogP contribution in [0, 0.1) is 0 Å². The van der Waals surface area contributed by atoms with Crippen LogP contribution < -0.4 is 0 Å². The van der Waals surface area contributed by atoms with E-state index in [1.807, 2.05) is 41.1 Å². The lowest BCUT2D eigenvalue weighted by Crippen LogP contribution is -2.07. The molecular weight excluding hydrogens is 358 g/mol. The zero-order chi connectivity index (χ0) is 17.4. The molecule has 0 aliphatic carbocycles. The van der Waals surface area contributed by atoms with Gasteiger partial charge in [-0.3, -0.25) is 9.12 Å². The van der Waals surface area contributed by atoms with Crippen LogP contribution in [0.25, 0.3) is 11.3 Å². The molecule has 3 aromatic rings. The standard InChI is InChI=1S/C17H13N3O3S2/c21-25(22,23)14-8-6-13(7-9-14)18-16-11-24-17-19-15(10-20(16)17)12-4-2-1-3-5-12/h1-10H,11H2,(H,21,22,23). The number of aliphatic imine (C=N–C) groups is 1. The van der Waals surface area contributed by atoms with Crippen LogP contribution in [0.1, 0.15) is 0 Å². The van der Waals surface area contributed by atoms with Gasteiger partial charge in [0.05, 0.1) is 22.0 Å². The maximum atomic E-state index is 11.1. The van der Waals surface area contributed by atoms with Crippen LogP contribution in [0.5, 0.6) is 0 Å². The lowest BCUT2D eigenvalue weighted by atomic mass is 10.2. The molecule has 4 rings (SSSR count). The molecule has 0 atom stereocenters. The zero-order valence-corrected chi connectivity index (χ0v) is 14.5. The second-order valence-electron chi connectivity index (χ2n) is 5.43. The molecule has 2 aromatic carbocycles. The van der Waals surface area contributed by atoms with E-state index in [1.54, 1.807) is 23.9 Å². The van der Waals surface area contributed by atoms with E-state index < -0.39 is 10.1 Å². The highest BCUT2D eigenvalue weighted by atomic mass is 32.2. The Balaban J connectivity index is 1.66. The summed E-state index contributed by atoms with van der Waals surface area (Å²) in [6.07, 6.45) is 1.95. The molecular formula is C17H13N3O3S2. The molecule has 25 heavy (non-hydrogen) atoms. The average molecular weight is 371 g/mol. The van der Waals surface area contributed by atoms with Gasteiger partial charge in [0.2, 0.25) is 0 Å². The number of rotatable bonds is 3. The summed E-state index contributed by atoms with van der Waals surface area (Å²) in [6, 6.07) is 15.7. The van der Waals surface area contributed by atoms with Crippen molar-refractivity contribution in [1.82, 2.24) is 9.55 Å². The van der Waals surface area contributed by atoms with Gasteiger partial charge in [0.25, 0.3) is 10.1 Å². The first-order valence-electron chi connectivity index (χ1n) is 7.44. The molecule has 0 unspecified atom stereocenters. The first-order valence-corrected chi connectivity index (χ1v) is 9.86. The van der Waals surface area contributed by atoms with E-state index in [4.69, 9.17) is 4.55 Å². The highest BCUT2D eigenvalue weighted by Crippen LogP contribution is 2.30. The number of hydrogen-bond donors (Lipinski definition) is 1. The Kier molecular flexibility index (Phi) is 3.95. The Morgan fingerprint density at radius 1 is 1.08 bits per heavy atom. The van der Waals surface area contributed by atoms with Crippen LogP contribution in [0.4, 0.5) is 5.69 Å². The Morgan fingerprint density at radius 3 is 2.48 bits per heavy atom. The second-order valence-corrected chi connectivity index (χ2v) is 7.79. The highest BCUT2D eigenvalue weighted by Gasteiger charge is 2.21. The lowest BCUT2D eigenvalue weighted by Gasteiger charge is -2.01. The molecule has 0 amide bonds. The minimum Gasteiger partial charge on any atom is -0.282 e. The van der Waals surface area contributed by atoms with Gasteiger partial charge in [0, 0.05) is 11.8 Å². The topological polar surface area (TPSA) is 84.6 Å². The van der Waals surface area contributed by atoms with Crippen LogP contribution >= 0.6 is 11.8 Å². The molecule has 0 fully saturated rings. The third kappa shape index (κ3) is 3.23. The number of thioether (sulfide) groups is 1. The maximum Gasteiger partial charge on any atom is 0.294 e.